The molecule has 0 amide bonds. The maximum Gasteiger partial charge on any atom is 0.105 e. The van der Waals surface area contributed by atoms with Crippen LogP contribution in [0, 0.1) is 3.57 Å². The van der Waals surface area contributed by atoms with Crippen LogP contribution in [-0.4, -0.2) is 5.11 Å². The molecule has 1 fully saturated rings. The summed E-state index contributed by atoms with van der Waals surface area (Å²) >= 11 is 8.29. The van der Waals surface area contributed by atoms with Crippen LogP contribution in [0.1, 0.15) is 48.0 Å². The second-order valence-corrected chi connectivity index (χ2v) is 6.96. The first-order chi connectivity index (χ1) is 9.65. The zero-order valence-electron chi connectivity index (χ0n) is 11.0. The number of benzene rings is 2. The zero-order valence-corrected chi connectivity index (χ0v) is 13.9. The van der Waals surface area contributed by atoms with E-state index >= 15 is 0 Å². The molecule has 0 bridgehead atoms. The van der Waals surface area contributed by atoms with Gasteiger partial charge in [0.1, 0.15) is 6.10 Å². The van der Waals surface area contributed by atoms with Gasteiger partial charge < -0.3 is 5.11 Å². The standard InChI is InChI=1S/C17H16ClIO/c18-14-7-8-16(19)15(10-14)17(20)13-6-2-5-12(9-13)11-3-1-4-11/h2,5-11,17,20H,1,3-4H2. The van der Waals surface area contributed by atoms with Crippen molar-refractivity contribution in [2.45, 2.75) is 31.3 Å². The summed E-state index contributed by atoms with van der Waals surface area (Å²) in [6, 6.07) is 14.0. The minimum absolute atomic E-state index is 0.611. The van der Waals surface area contributed by atoms with Crippen molar-refractivity contribution in [1.29, 1.82) is 0 Å². The van der Waals surface area contributed by atoms with Crippen LogP contribution in [0.2, 0.25) is 5.02 Å². The molecular weight excluding hydrogens is 383 g/mol. The normalized spacial score (nSPS) is 16.8. The molecule has 0 radical (unpaired) electrons. The van der Waals surface area contributed by atoms with Crippen LogP contribution in [0.15, 0.2) is 42.5 Å². The van der Waals surface area contributed by atoms with Crippen molar-refractivity contribution in [2.75, 3.05) is 0 Å². The van der Waals surface area contributed by atoms with Crippen LogP contribution < -0.4 is 0 Å². The zero-order chi connectivity index (χ0) is 14.1. The van der Waals surface area contributed by atoms with Gasteiger partial charge in [-0.3, -0.25) is 0 Å². The quantitative estimate of drug-likeness (QED) is 0.696. The van der Waals surface area contributed by atoms with Gasteiger partial charge in [0.15, 0.2) is 0 Å². The first-order valence-corrected chi connectivity index (χ1v) is 8.33. The van der Waals surface area contributed by atoms with Gasteiger partial charge in [0.05, 0.1) is 0 Å². The van der Waals surface area contributed by atoms with E-state index in [1.807, 2.05) is 30.3 Å². The Balaban J connectivity index is 1.93. The van der Waals surface area contributed by atoms with Crippen LogP contribution in [0.3, 0.4) is 0 Å². The highest BCUT2D eigenvalue weighted by atomic mass is 127. The fourth-order valence-electron chi connectivity index (χ4n) is 2.63. The topological polar surface area (TPSA) is 20.2 Å². The number of rotatable bonds is 3. The highest BCUT2D eigenvalue weighted by molar-refractivity contribution is 14.1. The summed E-state index contributed by atoms with van der Waals surface area (Å²) in [4.78, 5) is 0. The Kier molecular flexibility index (Phi) is 4.34. The van der Waals surface area contributed by atoms with Crippen molar-refractivity contribution in [3.8, 4) is 0 Å². The van der Waals surface area contributed by atoms with E-state index in [4.69, 9.17) is 11.6 Å². The molecule has 20 heavy (non-hydrogen) atoms. The largest absolute Gasteiger partial charge is 0.384 e. The minimum Gasteiger partial charge on any atom is -0.384 e. The van der Waals surface area contributed by atoms with Gasteiger partial charge in [0, 0.05) is 8.59 Å². The summed E-state index contributed by atoms with van der Waals surface area (Å²) in [6.45, 7) is 0. The maximum absolute atomic E-state index is 10.6. The molecule has 0 aliphatic heterocycles. The van der Waals surface area contributed by atoms with E-state index in [0.29, 0.717) is 10.9 Å². The van der Waals surface area contributed by atoms with Gasteiger partial charge in [-0.15, -0.1) is 0 Å². The molecule has 3 heteroatoms. The van der Waals surface area contributed by atoms with Crippen molar-refractivity contribution >= 4 is 34.2 Å². The Labute approximate surface area is 138 Å². The Morgan fingerprint density at radius 2 is 1.95 bits per heavy atom. The molecule has 0 spiro atoms. The van der Waals surface area contributed by atoms with E-state index in [0.717, 1.165) is 14.7 Å². The highest BCUT2D eigenvalue weighted by Gasteiger charge is 2.21. The predicted molar refractivity (Wildman–Crippen MR) is 91.3 cm³/mol. The molecule has 1 aliphatic carbocycles. The van der Waals surface area contributed by atoms with Crippen molar-refractivity contribution < 1.29 is 5.11 Å². The monoisotopic (exact) mass is 398 g/mol. The Hall–Kier alpha value is -0.580. The predicted octanol–water partition coefficient (Wildman–Crippen LogP) is 5.29. The van der Waals surface area contributed by atoms with Gasteiger partial charge in [-0.25, -0.2) is 0 Å². The average molecular weight is 399 g/mol. The van der Waals surface area contributed by atoms with Gasteiger partial charge in [-0.1, -0.05) is 42.3 Å². The molecule has 1 aliphatic rings. The molecule has 0 heterocycles. The molecule has 2 aromatic rings. The van der Waals surface area contributed by atoms with E-state index < -0.39 is 6.10 Å². The number of aliphatic hydroxyl groups excluding tert-OH is 1. The summed E-state index contributed by atoms with van der Waals surface area (Å²) in [5, 5.41) is 11.3. The summed E-state index contributed by atoms with van der Waals surface area (Å²) in [6.07, 6.45) is 3.26. The molecule has 3 rings (SSSR count). The van der Waals surface area contributed by atoms with Gasteiger partial charge >= 0.3 is 0 Å². The van der Waals surface area contributed by atoms with E-state index in [2.05, 4.69) is 34.7 Å². The lowest BCUT2D eigenvalue weighted by atomic mass is 9.79. The Morgan fingerprint density at radius 3 is 2.65 bits per heavy atom. The maximum atomic E-state index is 10.6. The van der Waals surface area contributed by atoms with Crippen molar-refractivity contribution in [1.82, 2.24) is 0 Å². The van der Waals surface area contributed by atoms with Gasteiger partial charge in [0.25, 0.3) is 0 Å². The molecule has 104 valence electrons. The van der Waals surface area contributed by atoms with Gasteiger partial charge in [-0.2, -0.15) is 0 Å². The van der Waals surface area contributed by atoms with Crippen molar-refractivity contribution in [3.63, 3.8) is 0 Å². The molecule has 1 atom stereocenters. The molecule has 0 aromatic heterocycles. The fraction of sp³-hybridized carbons (Fsp3) is 0.294. The fourth-order valence-corrected chi connectivity index (χ4v) is 3.44. The van der Waals surface area contributed by atoms with E-state index in [9.17, 15) is 5.11 Å². The third-order valence-corrected chi connectivity index (χ3v) is 5.27. The molecule has 2 aromatic carbocycles. The lowest BCUT2D eigenvalue weighted by molar-refractivity contribution is 0.219. The third kappa shape index (κ3) is 2.87. The SMILES string of the molecule is OC(c1cccc(C2CCC2)c1)c1cc(Cl)ccc1I. The molecule has 1 N–H and O–H groups in total. The molecule has 1 saturated carbocycles. The number of halogens is 2. The van der Waals surface area contributed by atoms with Crippen LogP contribution in [0.4, 0.5) is 0 Å². The van der Waals surface area contributed by atoms with Gasteiger partial charge in [0.2, 0.25) is 0 Å². The van der Waals surface area contributed by atoms with Gasteiger partial charge in [-0.05, 0) is 76.2 Å². The molecular formula is C17H16ClIO. The first kappa shape index (κ1) is 14.4. The van der Waals surface area contributed by atoms with Crippen molar-refractivity contribution in [2.24, 2.45) is 0 Å². The Morgan fingerprint density at radius 1 is 1.15 bits per heavy atom. The van der Waals surface area contributed by atoms with E-state index in [1.54, 1.807) is 0 Å². The average Bonchev–Trinajstić information content (AvgIpc) is 2.39. The highest BCUT2D eigenvalue weighted by Crippen LogP contribution is 2.38. The lowest BCUT2D eigenvalue weighted by Crippen LogP contribution is -2.10. The minimum atomic E-state index is -0.611. The summed E-state index contributed by atoms with van der Waals surface area (Å²) < 4.78 is 1.04. The van der Waals surface area contributed by atoms with Crippen LogP contribution in [0.25, 0.3) is 0 Å². The van der Waals surface area contributed by atoms with Crippen molar-refractivity contribution in [3.05, 3.63) is 67.7 Å². The second-order valence-electron chi connectivity index (χ2n) is 5.37. The number of aliphatic hydroxyl groups is 1. The first-order valence-electron chi connectivity index (χ1n) is 6.88. The smallest absolute Gasteiger partial charge is 0.105 e. The number of hydrogen-bond acceptors (Lipinski definition) is 1. The second kappa shape index (κ2) is 6.04. The molecule has 1 unspecified atom stereocenters. The molecule has 1 nitrogen and oxygen atoms in total. The van der Waals surface area contributed by atoms with E-state index in [1.165, 1.54) is 24.8 Å². The van der Waals surface area contributed by atoms with Crippen LogP contribution >= 0.6 is 34.2 Å². The third-order valence-electron chi connectivity index (χ3n) is 4.06. The summed E-state index contributed by atoms with van der Waals surface area (Å²) in [5.74, 6) is 0.681. The van der Waals surface area contributed by atoms with Crippen LogP contribution in [0.5, 0.6) is 0 Å². The number of hydrogen-bond donors (Lipinski definition) is 1. The Bertz CT molecular complexity index is 622. The molecule has 0 saturated heterocycles. The summed E-state index contributed by atoms with van der Waals surface area (Å²) in [5.41, 5.74) is 3.18. The van der Waals surface area contributed by atoms with Crippen LogP contribution in [-0.2, 0) is 0 Å². The summed E-state index contributed by atoms with van der Waals surface area (Å²) in [7, 11) is 0. The lowest BCUT2D eigenvalue weighted by Gasteiger charge is -2.26. The van der Waals surface area contributed by atoms with E-state index in [-0.39, 0.29) is 0 Å².